The molecule has 0 heterocycles. The van der Waals surface area contributed by atoms with Crippen LogP contribution < -0.4 is 4.74 Å². The molecule has 2 rings (SSSR count). The number of ether oxygens (including phenoxy) is 1. The molecule has 0 aliphatic heterocycles. The van der Waals surface area contributed by atoms with E-state index in [9.17, 15) is 13.6 Å². The number of rotatable bonds is 3. The van der Waals surface area contributed by atoms with E-state index in [1.165, 1.54) is 31.4 Å². The number of carboxylic acids is 1. The predicted molar refractivity (Wildman–Crippen MR) is 65.3 cm³/mol. The molecule has 0 fully saturated rings. The molecule has 0 bridgehead atoms. The zero-order valence-electron chi connectivity index (χ0n) is 9.98. The summed E-state index contributed by atoms with van der Waals surface area (Å²) in [6.45, 7) is 0. The Kier molecular flexibility index (Phi) is 3.46. The predicted octanol–water partition coefficient (Wildman–Crippen LogP) is 3.34. The van der Waals surface area contributed by atoms with E-state index < -0.39 is 17.6 Å². The van der Waals surface area contributed by atoms with Gasteiger partial charge >= 0.3 is 5.97 Å². The van der Waals surface area contributed by atoms with Crippen LogP contribution in [0.2, 0.25) is 0 Å². The smallest absolute Gasteiger partial charge is 0.339 e. The summed E-state index contributed by atoms with van der Waals surface area (Å²) in [5.41, 5.74) is 0.268. The normalized spacial score (nSPS) is 10.3. The fourth-order valence-electron chi connectivity index (χ4n) is 1.85. The molecule has 0 aliphatic rings. The van der Waals surface area contributed by atoms with Crippen LogP contribution in [-0.4, -0.2) is 18.2 Å². The molecule has 2 aromatic carbocycles. The van der Waals surface area contributed by atoms with Crippen molar-refractivity contribution in [1.82, 2.24) is 0 Å². The molecule has 0 aliphatic carbocycles. The largest absolute Gasteiger partial charge is 0.495 e. The van der Waals surface area contributed by atoms with Gasteiger partial charge < -0.3 is 9.84 Å². The Morgan fingerprint density at radius 2 is 1.89 bits per heavy atom. The van der Waals surface area contributed by atoms with Gasteiger partial charge in [0.25, 0.3) is 0 Å². The van der Waals surface area contributed by atoms with Crippen molar-refractivity contribution in [3.8, 4) is 16.9 Å². The molecule has 0 saturated carbocycles. The van der Waals surface area contributed by atoms with Crippen LogP contribution in [0.4, 0.5) is 8.78 Å². The van der Waals surface area contributed by atoms with E-state index in [1.54, 1.807) is 0 Å². The van der Waals surface area contributed by atoms with Gasteiger partial charge in [-0.25, -0.2) is 13.6 Å². The van der Waals surface area contributed by atoms with Crippen LogP contribution in [-0.2, 0) is 0 Å². The quantitative estimate of drug-likeness (QED) is 0.924. The highest BCUT2D eigenvalue weighted by molar-refractivity contribution is 5.94. The lowest BCUT2D eigenvalue weighted by Crippen LogP contribution is -2.02. The third-order valence-corrected chi connectivity index (χ3v) is 2.67. The van der Waals surface area contributed by atoms with Gasteiger partial charge in [0, 0.05) is 17.2 Å². The Labute approximate surface area is 108 Å². The average Bonchev–Trinajstić information content (AvgIpc) is 2.37. The first-order valence-corrected chi connectivity index (χ1v) is 5.40. The SMILES string of the molecule is COc1c(C(=O)O)cccc1-c1ccc(F)cc1F. The highest BCUT2D eigenvalue weighted by Gasteiger charge is 2.18. The number of hydrogen-bond donors (Lipinski definition) is 1. The van der Waals surface area contributed by atoms with Crippen molar-refractivity contribution >= 4 is 5.97 Å². The molecule has 19 heavy (non-hydrogen) atoms. The van der Waals surface area contributed by atoms with Crippen molar-refractivity contribution in [3.63, 3.8) is 0 Å². The maximum atomic E-state index is 13.7. The van der Waals surface area contributed by atoms with Crippen LogP contribution in [0.5, 0.6) is 5.75 Å². The third-order valence-electron chi connectivity index (χ3n) is 2.67. The first-order valence-electron chi connectivity index (χ1n) is 5.40. The summed E-state index contributed by atoms with van der Waals surface area (Å²) in [6, 6.07) is 7.43. The summed E-state index contributed by atoms with van der Waals surface area (Å²) in [5.74, 6) is -2.61. The van der Waals surface area contributed by atoms with Gasteiger partial charge in [0.15, 0.2) is 0 Å². The van der Waals surface area contributed by atoms with Gasteiger partial charge in [-0.15, -0.1) is 0 Å². The van der Waals surface area contributed by atoms with E-state index in [0.717, 1.165) is 12.1 Å². The minimum absolute atomic E-state index is 0.0421. The van der Waals surface area contributed by atoms with Crippen molar-refractivity contribution in [2.75, 3.05) is 7.11 Å². The number of carbonyl (C=O) groups is 1. The number of hydrogen-bond acceptors (Lipinski definition) is 2. The van der Waals surface area contributed by atoms with E-state index >= 15 is 0 Å². The van der Waals surface area contributed by atoms with Crippen LogP contribution in [0.15, 0.2) is 36.4 Å². The summed E-state index contributed by atoms with van der Waals surface area (Å²) < 4.78 is 31.7. The monoisotopic (exact) mass is 264 g/mol. The van der Waals surface area contributed by atoms with Crippen molar-refractivity contribution in [1.29, 1.82) is 0 Å². The van der Waals surface area contributed by atoms with Gasteiger partial charge in [-0.3, -0.25) is 0 Å². The van der Waals surface area contributed by atoms with Gasteiger partial charge in [-0.05, 0) is 18.2 Å². The lowest BCUT2D eigenvalue weighted by Gasteiger charge is -2.12. The van der Waals surface area contributed by atoms with Gasteiger partial charge in [0.05, 0.1) is 7.11 Å². The number of para-hydroxylation sites is 1. The number of benzene rings is 2. The maximum absolute atomic E-state index is 13.7. The zero-order valence-corrected chi connectivity index (χ0v) is 9.98. The summed E-state index contributed by atoms with van der Waals surface area (Å²) in [4.78, 5) is 11.1. The summed E-state index contributed by atoms with van der Waals surface area (Å²) in [7, 11) is 1.30. The van der Waals surface area contributed by atoms with Crippen LogP contribution in [0.3, 0.4) is 0 Å². The fourth-order valence-corrected chi connectivity index (χ4v) is 1.85. The zero-order chi connectivity index (χ0) is 14.0. The molecule has 0 unspecified atom stereocenters. The van der Waals surface area contributed by atoms with Crippen molar-refractivity contribution in [2.45, 2.75) is 0 Å². The topological polar surface area (TPSA) is 46.5 Å². The number of methoxy groups -OCH3 is 1. The Bertz CT molecular complexity index is 639. The van der Waals surface area contributed by atoms with Crippen molar-refractivity contribution in [3.05, 3.63) is 53.6 Å². The second-order valence-electron chi connectivity index (χ2n) is 3.82. The lowest BCUT2D eigenvalue weighted by atomic mass is 10.0. The second kappa shape index (κ2) is 5.06. The molecule has 2 aromatic rings. The minimum Gasteiger partial charge on any atom is -0.495 e. The number of halogens is 2. The molecular weight excluding hydrogens is 254 g/mol. The molecule has 3 nitrogen and oxygen atoms in total. The summed E-state index contributed by atoms with van der Waals surface area (Å²) >= 11 is 0. The molecule has 0 amide bonds. The van der Waals surface area contributed by atoms with E-state index in [4.69, 9.17) is 9.84 Å². The van der Waals surface area contributed by atoms with Crippen LogP contribution in [0, 0.1) is 11.6 Å². The lowest BCUT2D eigenvalue weighted by molar-refractivity contribution is 0.0693. The Balaban J connectivity index is 2.68. The van der Waals surface area contributed by atoms with E-state index in [-0.39, 0.29) is 22.4 Å². The molecule has 0 aromatic heterocycles. The standard InChI is InChI=1S/C14H10F2O3/c1-19-13-10(3-2-4-11(13)14(17)18)9-6-5-8(15)7-12(9)16/h2-7H,1H3,(H,17,18). The van der Waals surface area contributed by atoms with Gasteiger partial charge in [-0.2, -0.15) is 0 Å². The highest BCUT2D eigenvalue weighted by Crippen LogP contribution is 2.34. The van der Waals surface area contributed by atoms with Crippen LogP contribution in [0.25, 0.3) is 11.1 Å². The second-order valence-corrected chi connectivity index (χ2v) is 3.82. The van der Waals surface area contributed by atoms with E-state index in [0.29, 0.717) is 0 Å². The fraction of sp³-hybridized carbons (Fsp3) is 0.0714. The molecule has 98 valence electrons. The van der Waals surface area contributed by atoms with Gasteiger partial charge in [0.2, 0.25) is 0 Å². The minimum atomic E-state index is -1.18. The molecule has 5 heteroatoms. The molecule has 0 atom stereocenters. The van der Waals surface area contributed by atoms with Gasteiger partial charge in [-0.1, -0.05) is 12.1 Å². The molecule has 0 saturated heterocycles. The number of aromatic carboxylic acids is 1. The Morgan fingerprint density at radius 1 is 1.16 bits per heavy atom. The maximum Gasteiger partial charge on any atom is 0.339 e. The molecule has 1 N–H and O–H groups in total. The molecule has 0 spiro atoms. The average molecular weight is 264 g/mol. The van der Waals surface area contributed by atoms with Crippen LogP contribution in [0.1, 0.15) is 10.4 Å². The van der Waals surface area contributed by atoms with Crippen molar-refractivity contribution in [2.24, 2.45) is 0 Å². The Morgan fingerprint density at radius 3 is 2.47 bits per heavy atom. The molecule has 0 radical (unpaired) electrons. The summed E-state index contributed by atoms with van der Waals surface area (Å²) in [5, 5.41) is 9.05. The Hall–Kier alpha value is -2.43. The van der Waals surface area contributed by atoms with E-state index in [1.807, 2.05) is 0 Å². The first-order chi connectivity index (χ1) is 9.04. The van der Waals surface area contributed by atoms with Gasteiger partial charge in [0.1, 0.15) is 22.9 Å². The van der Waals surface area contributed by atoms with E-state index in [2.05, 4.69) is 0 Å². The first kappa shape index (κ1) is 13.0. The molecular formula is C14H10F2O3. The highest BCUT2D eigenvalue weighted by atomic mass is 19.1. The summed E-state index contributed by atoms with van der Waals surface area (Å²) in [6.07, 6.45) is 0. The van der Waals surface area contributed by atoms with Crippen molar-refractivity contribution < 1.29 is 23.4 Å². The third kappa shape index (κ3) is 2.40. The van der Waals surface area contributed by atoms with Crippen LogP contribution >= 0.6 is 0 Å². The number of carboxylic acid groups (broad SMARTS) is 1.